The molecule has 0 unspecified atom stereocenters. The molecule has 4 aromatic rings. The maximum absolute atomic E-state index is 13.7. The molecule has 4 rings (SSSR count). The maximum Gasteiger partial charge on any atom is 0.333 e. The number of benzene rings is 1. The number of nitrogens with zero attached hydrogens (tertiary/aromatic N) is 3. The van der Waals surface area contributed by atoms with Crippen LogP contribution < -0.4 is 11.2 Å². The number of hydrogen-bond donors (Lipinski definition) is 1. The van der Waals surface area contributed by atoms with Crippen LogP contribution in [-0.2, 0) is 5.92 Å². The summed E-state index contributed by atoms with van der Waals surface area (Å²) in [7, 11) is 0. The molecular formula is C17H12F2N4O2. The summed E-state index contributed by atoms with van der Waals surface area (Å²) in [5.74, 6) is -3.09. The van der Waals surface area contributed by atoms with Gasteiger partial charge in [-0.25, -0.2) is 18.6 Å². The smallest absolute Gasteiger partial charge is 0.307 e. The Kier molecular flexibility index (Phi) is 3.11. The molecule has 0 aliphatic carbocycles. The number of aromatic amines is 1. The van der Waals surface area contributed by atoms with E-state index in [1.165, 1.54) is 22.8 Å². The second kappa shape index (κ2) is 5.10. The number of halogens is 2. The van der Waals surface area contributed by atoms with Gasteiger partial charge in [0.2, 0.25) is 0 Å². The molecule has 0 saturated carbocycles. The Balaban J connectivity index is 2.11. The summed E-state index contributed by atoms with van der Waals surface area (Å²) < 4.78 is 30.3. The molecule has 0 amide bonds. The van der Waals surface area contributed by atoms with Crippen molar-refractivity contribution < 1.29 is 8.78 Å². The van der Waals surface area contributed by atoms with E-state index in [0.717, 1.165) is 6.92 Å². The lowest BCUT2D eigenvalue weighted by atomic mass is 10.1. The Hall–Kier alpha value is -3.29. The molecule has 1 N–H and O–H groups in total. The second-order valence-electron chi connectivity index (χ2n) is 5.79. The summed E-state index contributed by atoms with van der Waals surface area (Å²) in [5.41, 5.74) is -0.486. The van der Waals surface area contributed by atoms with Crippen molar-refractivity contribution in [1.82, 2.24) is 18.9 Å². The highest BCUT2D eigenvalue weighted by Gasteiger charge is 2.25. The molecule has 0 bridgehead atoms. The molecule has 0 atom stereocenters. The summed E-state index contributed by atoms with van der Waals surface area (Å²) in [5, 5.41) is 0.149. The van der Waals surface area contributed by atoms with Crippen LogP contribution in [0.15, 0.2) is 58.5 Å². The molecule has 0 spiro atoms. The lowest BCUT2D eigenvalue weighted by Gasteiger charge is -2.14. The molecule has 1 aromatic carbocycles. The largest absolute Gasteiger partial charge is 0.333 e. The first-order chi connectivity index (χ1) is 11.8. The van der Waals surface area contributed by atoms with Crippen LogP contribution in [0, 0.1) is 0 Å². The van der Waals surface area contributed by atoms with Crippen LogP contribution in [0.4, 0.5) is 8.78 Å². The van der Waals surface area contributed by atoms with Crippen LogP contribution in [0.5, 0.6) is 0 Å². The van der Waals surface area contributed by atoms with Crippen molar-refractivity contribution in [3.63, 3.8) is 0 Å². The SMILES string of the molecule is CC(F)(F)c1ccc2c(=O)[nH]c(=O)n(-c3ccn4ccnc4c3)c2c1. The summed E-state index contributed by atoms with van der Waals surface area (Å²) in [6, 6.07) is 6.93. The van der Waals surface area contributed by atoms with E-state index in [1.54, 1.807) is 35.1 Å². The van der Waals surface area contributed by atoms with Crippen LogP contribution in [0.3, 0.4) is 0 Å². The highest BCUT2D eigenvalue weighted by molar-refractivity contribution is 5.80. The van der Waals surface area contributed by atoms with Gasteiger partial charge in [-0.2, -0.15) is 0 Å². The van der Waals surface area contributed by atoms with Crippen molar-refractivity contribution in [2.24, 2.45) is 0 Å². The molecule has 0 saturated heterocycles. The highest BCUT2D eigenvalue weighted by Crippen LogP contribution is 2.29. The summed E-state index contributed by atoms with van der Waals surface area (Å²) in [4.78, 5) is 30.8. The topological polar surface area (TPSA) is 72.2 Å². The van der Waals surface area contributed by atoms with Gasteiger partial charge >= 0.3 is 5.69 Å². The number of fused-ring (bicyclic) bond motifs is 2. The number of imidazole rings is 1. The average molecular weight is 342 g/mol. The van der Waals surface area contributed by atoms with E-state index in [1.807, 2.05) is 0 Å². The summed E-state index contributed by atoms with van der Waals surface area (Å²) in [6.45, 7) is 0.764. The van der Waals surface area contributed by atoms with Crippen molar-refractivity contribution in [3.05, 3.63) is 75.3 Å². The van der Waals surface area contributed by atoms with Crippen LogP contribution in [0.2, 0.25) is 0 Å². The Labute approximate surface area is 139 Å². The molecule has 25 heavy (non-hydrogen) atoms. The Bertz CT molecular complexity index is 1230. The van der Waals surface area contributed by atoms with Crippen LogP contribution >= 0.6 is 0 Å². The normalized spacial score (nSPS) is 12.1. The van der Waals surface area contributed by atoms with Gasteiger partial charge in [0.05, 0.1) is 16.6 Å². The molecule has 0 aliphatic heterocycles. The van der Waals surface area contributed by atoms with E-state index in [0.29, 0.717) is 11.3 Å². The Morgan fingerprint density at radius 2 is 1.92 bits per heavy atom. The number of rotatable bonds is 2. The number of alkyl halides is 2. The summed E-state index contributed by atoms with van der Waals surface area (Å²) in [6.07, 6.45) is 5.03. The summed E-state index contributed by atoms with van der Waals surface area (Å²) >= 11 is 0. The quantitative estimate of drug-likeness (QED) is 0.608. The maximum atomic E-state index is 13.7. The molecule has 3 aromatic heterocycles. The number of hydrogen-bond acceptors (Lipinski definition) is 3. The minimum Gasteiger partial charge on any atom is -0.307 e. The third-order valence-corrected chi connectivity index (χ3v) is 4.05. The first-order valence-corrected chi connectivity index (χ1v) is 7.45. The average Bonchev–Trinajstić information content (AvgIpc) is 3.01. The van der Waals surface area contributed by atoms with Crippen molar-refractivity contribution in [3.8, 4) is 5.69 Å². The number of H-pyrrole nitrogens is 1. The zero-order valence-corrected chi connectivity index (χ0v) is 13.0. The fourth-order valence-corrected chi connectivity index (χ4v) is 2.81. The Morgan fingerprint density at radius 1 is 1.12 bits per heavy atom. The molecule has 0 aliphatic rings. The molecule has 6 nitrogen and oxygen atoms in total. The third kappa shape index (κ3) is 2.42. The molecule has 8 heteroatoms. The standard InChI is InChI=1S/C17H12F2N4O2/c1-17(18,19)10-2-3-12-13(8-10)23(16(25)21-15(12)24)11-4-6-22-7-5-20-14(22)9-11/h2-9H,1H3,(H,21,24,25). The van der Waals surface area contributed by atoms with Gasteiger partial charge in [-0.15, -0.1) is 0 Å². The van der Waals surface area contributed by atoms with E-state index in [9.17, 15) is 18.4 Å². The predicted molar refractivity (Wildman–Crippen MR) is 88.5 cm³/mol. The van der Waals surface area contributed by atoms with E-state index in [4.69, 9.17) is 0 Å². The van der Waals surface area contributed by atoms with E-state index < -0.39 is 17.2 Å². The first-order valence-electron chi connectivity index (χ1n) is 7.45. The third-order valence-electron chi connectivity index (χ3n) is 4.05. The van der Waals surface area contributed by atoms with Gasteiger partial charge in [0.15, 0.2) is 0 Å². The molecule has 3 heterocycles. The fraction of sp³-hybridized carbons (Fsp3) is 0.118. The van der Waals surface area contributed by atoms with Gasteiger partial charge in [-0.3, -0.25) is 14.3 Å². The van der Waals surface area contributed by atoms with Crippen molar-refractivity contribution in [2.45, 2.75) is 12.8 Å². The monoisotopic (exact) mass is 342 g/mol. The van der Waals surface area contributed by atoms with E-state index in [-0.39, 0.29) is 16.5 Å². The predicted octanol–water partition coefficient (Wildman–Crippen LogP) is 2.44. The fourth-order valence-electron chi connectivity index (χ4n) is 2.81. The lowest BCUT2D eigenvalue weighted by Crippen LogP contribution is -2.29. The van der Waals surface area contributed by atoms with Crippen molar-refractivity contribution >= 4 is 16.6 Å². The van der Waals surface area contributed by atoms with Crippen LogP contribution in [-0.4, -0.2) is 18.9 Å². The Morgan fingerprint density at radius 3 is 2.68 bits per heavy atom. The molecular weight excluding hydrogens is 330 g/mol. The number of aromatic nitrogens is 4. The van der Waals surface area contributed by atoms with Crippen molar-refractivity contribution in [1.29, 1.82) is 0 Å². The minimum absolute atomic E-state index is 0.115. The number of pyridine rings is 1. The van der Waals surface area contributed by atoms with Gasteiger partial charge in [-0.05, 0) is 18.2 Å². The number of nitrogens with one attached hydrogen (secondary N) is 1. The zero-order chi connectivity index (χ0) is 17.8. The van der Waals surface area contributed by atoms with Gasteiger partial charge in [0, 0.05) is 37.1 Å². The van der Waals surface area contributed by atoms with Gasteiger partial charge in [0.25, 0.3) is 11.5 Å². The van der Waals surface area contributed by atoms with Gasteiger partial charge in [0.1, 0.15) is 5.65 Å². The first kappa shape index (κ1) is 15.3. The zero-order valence-electron chi connectivity index (χ0n) is 13.0. The van der Waals surface area contributed by atoms with E-state index in [2.05, 4.69) is 9.97 Å². The minimum atomic E-state index is -3.09. The highest BCUT2D eigenvalue weighted by atomic mass is 19.3. The van der Waals surface area contributed by atoms with Crippen LogP contribution in [0.1, 0.15) is 12.5 Å². The molecule has 0 radical (unpaired) electrons. The van der Waals surface area contributed by atoms with Gasteiger partial charge in [-0.1, -0.05) is 6.07 Å². The molecule has 126 valence electrons. The lowest BCUT2D eigenvalue weighted by molar-refractivity contribution is 0.0176. The van der Waals surface area contributed by atoms with Crippen LogP contribution in [0.25, 0.3) is 22.2 Å². The van der Waals surface area contributed by atoms with Crippen molar-refractivity contribution in [2.75, 3.05) is 0 Å². The van der Waals surface area contributed by atoms with Gasteiger partial charge < -0.3 is 4.40 Å². The second-order valence-corrected chi connectivity index (χ2v) is 5.79. The van der Waals surface area contributed by atoms with E-state index >= 15 is 0 Å². The molecule has 0 fully saturated rings.